The lowest BCUT2D eigenvalue weighted by molar-refractivity contribution is 0.194. The van der Waals surface area contributed by atoms with Crippen LogP contribution in [0.3, 0.4) is 0 Å². The van der Waals surface area contributed by atoms with E-state index < -0.39 is 6.09 Å². The third kappa shape index (κ3) is 3.27. The molecule has 0 fully saturated rings. The number of hydrogen-bond donors (Lipinski definition) is 2. The monoisotopic (exact) mass is 207 g/mol. The number of carboxylic acid groups (broad SMARTS) is 1. The van der Waals surface area contributed by atoms with Gasteiger partial charge in [-0.25, -0.2) is 4.79 Å². The molecule has 15 heavy (non-hydrogen) atoms. The fourth-order valence-corrected chi connectivity index (χ4v) is 1.58. The molecule has 0 aliphatic carbocycles. The zero-order valence-electron chi connectivity index (χ0n) is 9.37. The fraction of sp³-hybridized carbons (Fsp3) is 0.417. The quantitative estimate of drug-likeness (QED) is 0.783. The standard InChI is InChI=1S/C12H17NO2/c1-12(2,3)10-7-5-4-6-9(10)8-13-11(14)15/h4-7,13H,8H2,1-3H3,(H,14,15). The summed E-state index contributed by atoms with van der Waals surface area (Å²) in [5, 5.41) is 10.9. The Balaban J connectivity index is 2.92. The van der Waals surface area contributed by atoms with Gasteiger partial charge in [-0.15, -0.1) is 0 Å². The molecule has 1 aromatic rings. The van der Waals surface area contributed by atoms with Crippen LogP contribution in [0.15, 0.2) is 24.3 Å². The molecule has 0 radical (unpaired) electrons. The molecule has 0 heterocycles. The van der Waals surface area contributed by atoms with Crippen molar-refractivity contribution < 1.29 is 9.90 Å². The van der Waals surface area contributed by atoms with E-state index in [9.17, 15) is 4.79 Å². The van der Waals surface area contributed by atoms with Crippen molar-refractivity contribution >= 4 is 6.09 Å². The summed E-state index contributed by atoms with van der Waals surface area (Å²) < 4.78 is 0. The van der Waals surface area contributed by atoms with Gasteiger partial charge in [0.1, 0.15) is 0 Å². The molecular weight excluding hydrogens is 190 g/mol. The molecule has 0 unspecified atom stereocenters. The van der Waals surface area contributed by atoms with Crippen molar-refractivity contribution in [3.63, 3.8) is 0 Å². The molecule has 0 spiro atoms. The van der Waals surface area contributed by atoms with Crippen LogP contribution in [-0.4, -0.2) is 11.2 Å². The van der Waals surface area contributed by atoms with Gasteiger partial charge in [-0.2, -0.15) is 0 Å². The van der Waals surface area contributed by atoms with E-state index in [2.05, 4.69) is 26.1 Å². The number of amides is 1. The van der Waals surface area contributed by atoms with E-state index in [-0.39, 0.29) is 5.41 Å². The zero-order chi connectivity index (χ0) is 11.5. The van der Waals surface area contributed by atoms with Gasteiger partial charge >= 0.3 is 6.09 Å². The SMILES string of the molecule is CC(C)(C)c1ccccc1CNC(=O)O. The smallest absolute Gasteiger partial charge is 0.404 e. The van der Waals surface area contributed by atoms with Crippen molar-refractivity contribution in [2.45, 2.75) is 32.7 Å². The summed E-state index contributed by atoms with van der Waals surface area (Å²) in [5.74, 6) is 0. The number of nitrogens with one attached hydrogen (secondary N) is 1. The number of hydrogen-bond acceptors (Lipinski definition) is 1. The molecule has 0 saturated carbocycles. The topological polar surface area (TPSA) is 49.3 Å². The first-order chi connectivity index (χ1) is 6.91. The molecule has 0 aliphatic rings. The van der Waals surface area contributed by atoms with E-state index in [1.54, 1.807) is 0 Å². The lowest BCUT2D eigenvalue weighted by Crippen LogP contribution is -2.23. The van der Waals surface area contributed by atoms with Crippen LogP contribution in [0.4, 0.5) is 4.79 Å². The second-order valence-corrected chi connectivity index (χ2v) is 4.57. The fourth-order valence-electron chi connectivity index (χ4n) is 1.58. The van der Waals surface area contributed by atoms with E-state index in [4.69, 9.17) is 5.11 Å². The molecule has 1 amide bonds. The minimum atomic E-state index is -0.987. The van der Waals surface area contributed by atoms with Crippen molar-refractivity contribution in [1.82, 2.24) is 5.32 Å². The Bertz CT molecular complexity index is 353. The third-order valence-corrected chi connectivity index (χ3v) is 2.26. The first-order valence-corrected chi connectivity index (χ1v) is 4.96. The predicted octanol–water partition coefficient (Wildman–Crippen LogP) is 2.75. The molecule has 3 heteroatoms. The molecule has 0 saturated heterocycles. The predicted molar refractivity (Wildman–Crippen MR) is 60.0 cm³/mol. The summed E-state index contributed by atoms with van der Waals surface area (Å²) in [4.78, 5) is 10.4. The Hall–Kier alpha value is -1.51. The van der Waals surface area contributed by atoms with Gasteiger partial charge in [0.15, 0.2) is 0 Å². The van der Waals surface area contributed by atoms with Crippen LogP contribution in [0.2, 0.25) is 0 Å². The first-order valence-electron chi connectivity index (χ1n) is 4.96. The Morgan fingerprint density at radius 1 is 1.33 bits per heavy atom. The molecule has 0 atom stereocenters. The van der Waals surface area contributed by atoms with Crippen molar-refractivity contribution in [1.29, 1.82) is 0 Å². The maximum Gasteiger partial charge on any atom is 0.404 e. The number of benzene rings is 1. The average molecular weight is 207 g/mol. The van der Waals surface area contributed by atoms with Crippen LogP contribution >= 0.6 is 0 Å². The van der Waals surface area contributed by atoms with Crippen LogP contribution in [0, 0.1) is 0 Å². The number of carbonyl (C=O) groups is 1. The summed E-state index contributed by atoms with van der Waals surface area (Å²) in [6.45, 7) is 6.72. The average Bonchev–Trinajstić information content (AvgIpc) is 2.13. The van der Waals surface area contributed by atoms with Crippen LogP contribution in [0.5, 0.6) is 0 Å². The maximum absolute atomic E-state index is 10.4. The van der Waals surface area contributed by atoms with Gasteiger partial charge in [0.25, 0.3) is 0 Å². The largest absolute Gasteiger partial charge is 0.465 e. The highest BCUT2D eigenvalue weighted by Gasteiger charge is 2.17. The zero-order valence-corrected chi connectivity index (χ0v) is 9.37. The van der Waals surface area contributed by atoms with Crippen molar-refractivity contribution in [3.05, 3.63) is 35.4 Å². The van der Waals surface area contributed by atoms with E-state index in [1.807, 2.05) is 24.3 Å². The lowest BCUT2D eigenvalue weighted by atomic mass is 9.84. The normalized spacial score (nSPS) is 11.1. The highest BCUT2D eigenvalue weighted by molar-refractivity contribution is 5.64. The van der Waals surface area contributed by atoms with Crippen LogP contribution in [0.1, 0.15) is 31.9 Å². The van der Waals surface area contributed by atoms with Crippen LogP contribution < -0.4 is 5.32 Å². The van der Waals surface area contributed by atoms with Crippen LogP contribution in [-0.2, 0) is 12.0 Å². The van der Waals surface area contributed by atoms with E-state index in [0.717, 1.165) is 5.56 Å². The molecule has 0 aromatic heterocycles. The number of rotatable bonds is 2. The Labute approximate surface area is 90.1 Å². The minimum Gasteiger partial charge on any atom is -0.465 e. The molecular formula is C12H17NO2. The molecule has 0 bridgehead atoms. The second-order valence-electron chi connectivity index (χ2n) is 4.57. The molecule has 1 rings (SSSR count). The van der Waals surface area contributed by atoms with Gasteiger partial charge in [0.2, 0.25) is 0 Å². The van der Waals surface area contributed by atoms with Crippen LogP contribution in [0.25, 0.3) is 0 Å². The Morgan fingerprint density at radius 3 is 2.47 bits per heavy atom. The Morgan fingerprint density at radius 2 is 1.93 bits per heavy atom. The van der Waals surface area contributed by atoms with E-state index >= 15 is 0 Å². The van der Waals surface area contributed by atoms with Gasteiger partial charge < -0.3 is 10.4 Å². The van der Waals surface area contributed by atoms with Gasteiger partial charge in [-0.3, -0.25) is 0 Å². The van der Waals surface area contributed by atoms with Gasteiger partial charge in [0.05, 0.1) is 0 Å². The van der Waals surface area contributed by atoms with Gasteiger partial charge in [0, 0.05) is 6.54 Å². The van der Waals surface area contributed by atoms with Crippen molar-refractivity contribution in [2.24, 2.45) is 0 Å². The summed E-state index contributed by atoms with van der Waals surface area (Å²) in [6.07, 6.45) is -0.987. The molecule has 1 aromatic carbocycles. The summed E-state index contributed by atoms with van der Waals surface area (Å²) in [5.41, 5.74) is 2.25. The summed E-state index contributed by atoms with van der Waals surface area (Å²) >= 11 is 0. The molecule has 2 N–H and O–H groups in total. The van der Waals surface area contributed by atoms with Crippen molar-refractivity contribution in [2.75, 3.05) is 0 Å². The van der Waals surface area contributed by atoms with E-state index in [0.29, 0.717) is 6.54 Å². The highest BCUT2D eigenvalue weighted by Crippen LogP contribution is 2.25. The minimum absolute atomic E-state index is 0.0385. The maximum atomic E-state index is 10.4. The van der Waals surface area contributed by atoms with E-state index in [1.165, 1.54) is 5.56 Å². The second kappa shape index (κ2) is 4.34. The van der Waals surface area contributed by atoms with Gasteiger partial charge in [-0.05, 0) is 16.5 Å². The lowest BCUT2D eigenvalue weighted by Gasteiger charge is -2.22. The highest BCUT2D eigenvalue weighted by atomic mass is 16.4. The Kier molecular flexibility index (Phi) is 3.35. The van der Waals surface area contributed by atoms with Gasteiger partial charge in [-0.1, -0.05) is 45.0 Å². The third-order valence-electron chi connectivity index (χ3n) is 2.26. The molecule has 82 valence electrons. The molecule has 0 aliphatic heterocycles. The van der Waals surface area contributed by atoms with Crippen molar-refractivity contribution in [3.8, 4) is 0 Å². The summed E-state index contributed by atoms with van der Waals surface area (Å²) in [7, 11) is 0. The molecule has 3 nitrogen and oxygen atoms in total. The first kappa shape index (κ1) is 11.6. The summed E-state index contributed by atoms with van der Waals surface area (Å²) in [6, 6.07) is 7.90.